The number of methoxy groups -OCH3 is 1. The van der Waals surface area contributed by atoms with E-state index in [2.05, 4.69) is 0 Å². The van der Waals surface area contributed by atoms with Crippen molar-refractivity contribution >= 4 is 34.3 Å². The summed E-state index contributed by atoms with van der Waals surface area (Å²) in [5.74, 6) is 0.0718. The van der Waals surface area contributed by atoms with Crippen LogP contribution in [0.3, 0.4) is 0 Å². The van der Waals surface area contributed by atoms with Crippen molar-refractivity contribution in [1.29, 1.82) is 0 Å². The summed E-state index contributed by atoms with van der Waals surface area (Å²) < 4.78 is 26.1. The second kappa shape index (κ2) is 6.33. The molecule has 0 saturated heterocycles. The molecule has 0 saturated carbocycles. The van der Waals surface area contributed by atoms with E-state index < -0.39 is 11.1 Å². The van der Waals surface area contributed by atoms with Crippen molar-refractivity contribution in [2.75, 3.05) is 7.11 Å². The van der Waals surface area contributed by atoms with Crippen LogP contribution >= 0.6 is 23.2 Å². The zero-order valence-corrected chi connectivity index (χ0v) is 11.9. The van der Waals surface area contributed by atoms with Crippen molar-refractivity contribution < 1.29 is 43.1 Å². The van der Waals surface area contributed by atoms with Crippen molar-refractivity contribution in [3.8, 4) is 5.75 Å². The molecule has 1 rings (SSSR count). The van der Waals surface area contributed by atoms with Crippen LogP contribution in [-0.4, -0.2) is 15.9 Å². The SMILES string of the molecule is COc1c(S(=O)[O-])ccc(Cl)c1Cl.[Na+]. The summed E-state index contributed by atoms with van der Waals surface area (Å²) in [6.07, 6.45) is 0. The van der Waals surface area contributed by atoms with Gasteiger partial charge in [0.25, 0.3) is 0 Å². The Bertz CT molecular complexity index is 359. The van der Waals surface area contributed by atoms with E-state index in [4.69, 9.17) is 27.9 Å². The Morgan fingerprint density at radius 3 is 2.43 bits per heavy atom. The van der Waals surface area contributed by atoms with Gasteiger partial charge in [0.15, 0.2) is 5.75 Å². The molecule has 0 N–H and O–H groups in total. The predicted octanol–water partition coefficient (Wildman–Crippen LogP) is -0.756. The fourth-order valence-corrected chi connectivity index (χ4v) is 1.80. The molecule has 0 spiro atoms. The molecule has 1 unspecified atom stereocenters. The summed E-state index contributed by atoms with van der Waals surface area (Å²) in [5, 5.41) is 0.360. The second-order valence-electron chi connectivity index (χ2n) is 2.13. The Labute approximate surface area is 116 Å². The van der Waals surface area contributed by atoms with Gasteiger partial charge in [0.2, 0.25) is 0 Å². The second-order valence-corrected chi connectivity index (χ2v) is 3.82. The molecule has 0 aromatic heterocycles. The van der Waals surface area contributed by atoms with Crippen molar-refractivity contribution in [3.05, 3.63) is 22.2 Å². The normalized spacial score (nSPS) is 11.7. The van der Waals surface area contributed by atoms with Gasteiger partial charge in [-0.2, -0.15) is 0 Å². The Morgan fingerprint density at radius 2 is 2.00 bits per heavy atom. The maximum absolute atomic E-state index is 10.7. The quantitative estimate of drug-likeness (QED) is 0.521. The van der Waals surface area contributed by atoms with Gasteiger partial charge >= 0.3 is 29.6 Å². The number of ether oxygens (including phenoxy) is 1. The van der Waals surface area contributed by atoms with Gasteiger partial charge in [-0.1, -0.05) is 23.2 Å². The van der Waals surface area contributed by atoms with Crippen molar-refractivity contribution in [3.63, 3.8) is 0 Å². The van der Waals surface area contributed by atoms with Crippen LogP contribution in [0.1, 0.15) is 0 Å². The molecule has 0 radical (unpaired) electrons. The molecule has 7 heteroatoms. The Kier molecular flexibility index (Phi) is 6.65. The fourth-order valence-electron chi connectivity index (χ4n) is 0.836. The molecule has 1 aromatic rings. The average molecular weight is 263 g/mol. The van der Waals surface area contributed by atoms with Crippen LogP contribution in [0, 0.1) is 0 Å². The Balaban J connectivity index is 0.00000169. The van der Waals surface area contributed by atoms with E-state index in [0.29, 0.717) is 0 Å². The number of rotatable bonds is 2. The van der Waals surface area contributed by atoms with E-state index in [1.807, 2.05) is 0 Å². The largest absolute Gasteiger partial charge is 1.00 e. The molecule has 1 atom stereocenters. The van der Waals surface area contributed by atoms with Gasteiger partial charge in [-0.3, -0.25) is 4.21 Å². The van der Waals surface area contributed by atoms with Crippen molar-refractivity contribution in [2.24, 2.45) is 0 Å². The van der Waals surface area contributed by atoms with Gasteiger partial charge in [-0.15, -0.1) is 0 Å². The first-order valence-corrected chi connectivity index (χ1v) is 5.02. The molecule has 0 bridgehead atoms. The van der Waals surface area contributed by atoms with Crippen LogP contribution in [0.4, 0.5) is 0 Å². The van der Waals surface area contributed by atoms with Crippen LogP contribution in [-0.2, 0) is 11.1 Å². The molecule has 14 heavy (non-hydrogen) atoms. The Hall–Kier alpha value is 0.710. The zero-order valence-electron chi connectivity index (χ0n) is 7.54. The van der Waals surface area contributed by atoms with Crippen LogP contribution in [0.15, 0.2) is 17.0 Å². The Morgan fingerprint density at radius 1 is 1.43 bits per heavy atom. The van der Waals surface area contributed by atoms with Crippen LogP contribution < -0.4 is 34.3 Å². The third-order valence-electron chi connectivity index (χ3n) is 1.40. The number of hydrogen-bond acceptors (Lipinski definition) is 3. The first kappa shape index (κ1) is 14.7. The van der Waals surface area contributed by atoms with Crippen molar-refractivity contribution in [1.82, 2.24) is 0 Å². The number of halogens is 2. The summed E-state index contributed by atoms with van der Waals surface area (Å²) in [4.78, 5) is -0.00287. The number of benzene rings is 1. The minimum absolute atomic E-state index is 0. The van der Waals surface area contributed by atoms with Gasteiger partial charge in [0.1, 0.15) is 5.02 Å². The summed E-state index contributed by atoms with van der Waals surface area (Å²) >= 11 is 8.99. The molecule has 0 amide bonds. The minimum Gasteiger partial charge on any atom is -0.768 e. The van der Waals surface area contributed by atoms with Gasteiger partial charge in [0, 0.05) is 0 Å². The summed E-state index contributed by atoms with van der Waals surface area (Å²) in [7, 11) is 1.33. The molecular weight excluding hydrogens is 258 g/mol. The topological polar surface area (TPSA) is 49.4 Å². The molecule has 1 aromatic carbocycles. The molecule has 0 fully saturated rings. The van der Waals surface area contributed by atoms with Crippen LogP contribution in [0.5, 0.6) is 5.75 Å². The summed E-state index contributed by atoms with van der Waals surface area (Å²) in [5.41, 5.74) is 0. The molecule has 3 nitrogen and oxygen atoms in total. The molecule has 0 aliphatic heterocycles. The minimum atomic E-state index is -2.38. The van der Waals surface area contributed by atoms with E-state index in [9.17, 15) is 8.76 Å². The fraction of sp³-hybridized carbons (Fsp3) is 0.143. The smallest absolute Gasteiger partial charge is 0.768 e. The molecule has 72 valence electrons. The van der Waals surface area contributed by atoms with E-state index in [1.165, 1.54) is 19.2 Å². The average Bonchev–Trinajstić information content (AvgIpc) is 2.09. The molecule has 0 heterocycles. The summed E-state index contributed by atoms with van der Waals surface area (Å²) in [6.45, 7) is 0. The maximum atomic E-state index is 10.7. The third kappa shape index (κ3) is 3.10. The monoisotopic (exact) mass is 262 g/mol. The van der Waals surface area contributed by atoms with Crippen LogP contribution in [0.2, 0.25) is 10.0 Å². The molecular formula is C7H5Cl2NaO3S. The van der Waals surface area contributed by atoms with E-state index in [0.717, 1.165) is 0 Å². The van der Waals surface area contributed by atoms with Crippen LogP contribution in [0.25, 0.3) is 0 Å². The van der Waals surface area contributed by atoms with Gasteiger partial charge < -0.3 is 9.29 Å². The molecule has 0 aliphatic rings. The number of hydrogen-bond donors (Lipinski definition) is 0. The van der Waals surface area contributed by atoms with E-state index in [1.54, 1.807) is 0 Å². The first-order valence-electron chi connectivity index (χ1n) is 3.19. The standard InChI is InChI=1S/C7H6Cl2O3S.Na/c1-12-7-5(13(10)11)3-2-4(8)6(7)9;/h2-3H,1H3,(H,10,11);/q;+1/p-1. The summed E-state index contributed by atoms with van der Waals surface area (Å²) in [6, 6.07) is 2.73. The maximum Gasteiger partial charge on any atom is 1.00 e. The molecule has 0 aliphatic carbocycles. The first-order chi connectivity index (χ1) is 6.07. The van der Waals surface area contributed by atoms with Gasteiger partial charge in [-0.05, 0) is 23.2 Å². The van der Waals surface area contributed by atoms with Gasteiger partial charge in [-0.25, -0.2) is 0 Å². The van der Waals surface area contributed by atoms with E-state index in [-0.39, 0.29) is 50.2 Å². The zero-order chi connectivity index (χ0) is 10.0. The van der Waals surface area contributed by atoms with Gasteiger partial charge in [0.05, 0.1) is 17.0 Å². The van der Waals surface area contributed by atoms with Crippen molar-refractivity contribution in [2.45, 2.75) is 4.90 Å². The predicted molar refractivity (Wildman–Crippen MR) is 50.2 cm³/mol. The van der Waals surface area contributed by atoms with E-state index >= 15 is 0 Å². The third-order valence-corrected chi connectivity index (χ3v) is 2.87.